The highest BCUT2D eigenvalue weighted by atomic mass is 16.6. The topological polar surface area (TPSA) is 66.9 Å². The summed E-state index contributed by atoms with van der Waals surface area (Å²) in [6, 6.07) is -0.189. The molecule has 1 aliphatic carbocycles. The fourth-order valence-corrected chi connectivity index (χ4v) is 3.50. The van der Waals surface area contributed by atoms with Crippen molar-refractivity contribution in [3.63, 3.8) is 0 Å². The summed E-state index contributed by atoms with van der Waals surface area (Å²) in [6.45, 7) is 0.764. The van der Waals surface area contributed by atoms with Crippen molar-refractivity contribution in [3.05, 3.63) is 0 Å². The van der Waals surface area contributed by atoms with Crippen LogP contribution in [-0.4, -0.2) is 53.4 Å². The maximum atomic E-state index is 12.1. The number of rotatable bonds is 4. The van der Waals surface area contributed by atoms with E-state index in [1.165, 1.54) is 32.1 Å². The molecule has 2 aliphatic heterocycles. The Morgan fingerprint density at radius 2 is 1.86 bits per heavy atom. The van der Waals surface area contributed by atoms with Gasteiger partial charge in [-0.25, -0.2) is 9.69 Å². The number of ether oxygens (including phenoxy) is 1. The summed E-state index contributed by atoms with van der Waals surface area (Å²) >= 11 is 0. The first-order valence-electron chi connectivity index (χ1n) is 7.91. The first-order valence-corrected chi connectivity index (χ1v) is 7.91. The number of nitrogens with zero attached hydrogens (tertiary/aromatic N) is 2. The second-order valence-electron chi connectivity index (χ2n) is 6.31. The van der Waals surface area contributed by atoms with E-state index in [0.717, 1.165) is 11.3 Å². The molecule has 0 bridgehead atoms. The number of carbonyl (C=O) groups excluding carboxylic acids is 3. The molecule has 6 nitrogen and oxygen atoms in total. The number of amides is 3. The Bertz CT molecular complexity index is 423. The maximum absolute atomic E-state index is 12.1. The van der Waals surface area contributed by atoms with Crippen molar-refractivity contribution in [2.45, 2.75) is 51.0 Å². The molecule has 2 saturated heterocycles. The number of hydrogen-bond acceptors (Lipinski definition) is 4. The summed E-state index contributed by atoms with van der Waals surface area (Å²) in [5, 5.41) is 0. The summed E-state index contributed by atoms with van der Waals surface area (Å²) in [4.78, 5) is 37.9. The van der Waals surface area contributed by atoms with Crippen LogP contribution in [0.2, 0.25) is 0 Å². The minimum absolute atomic E-state index is 0.150. The van der Waals surface area contributed by atoms with Crippen LogP contribution in [-0.2, 0) is 14.3 Å². The molecule has 0 radical (unpaired) electrons. The van der Waals surface area contributed by atoms with Gasteiger partial charge in [0.2, 0.25) is 5.91 Å². The molecular weight excluding hydrogens is 272 g/mol. The lowest BCUT2D eigenvalue weighted by Crippen LogP contribution is -2.62. The highest BCUT2D eigenvalue weighted by molar-refractivity contribution is 5.98. The van der Waals surface area contributed by atoms with Crippen LogP contribution in [0.1, 0.15) is 44.9 Å². The van der Waals surface area contributed by atoms with E-state index < -0.39 is 6.09 Å². The predicted molar refractivity (Wildman–Crippen MR) is 74.4 cm³/mol. The van der Waals surface area contributed by atoms with Crippen molar-refractivity contribution >= 4 is 17.9 Å². The number of carbonyl (C=O) groups is 3. The van der Waals surface area contributed by atoms with Crippen LogP contribution in [0, 0.1) is 5.92 Å². The molecule has 2 heterocycles. The van der Waals surface area contributed by atoms with Gasteiger partial charge in [0.15, 0.2) is 6.61 Å². The van der Waals surface area contributed by atoms with Gasteiger partial charge in [-0.3, -0.25) is 9.59 Å². The Morgan fingerprint density at radius 3 is 2.48 bits per heavy atom. The molecule has 3 aliphatic rings. The van der Waals surface area contributed by atoms with Crippen molar-refractivity contribution in [1.82, 2.24) is 9.80 Å². The van der Waals surface area contributed by atoms with Crippen LogP contribution in [0.15, 0.2) is 0 Å². The molecule has 0 unspecified atom stereocenters. The lowest BCUT2D eigenvalue weighted by molar-refractivity contribution is -0.142. The van der Waals surface area contributed by atoms with E-state index in [1.807, 2.05) is 0 Å². The van der Waals surface area contributed by atoms with Crippen molar-refractivity contribution < 1.29 is 19.1 Å². The summed E-state index contributed by atoms with van der Waals surface area (Å²) in [5.74, 6) is 0.561. The lowest BCUT2D eigenvalue weighted by atomic mass is 9.86. The zero-order valence-corrected chi connectivity index (χ0v) is 12.3. The number of imide groups is 1. The van der Waals surface area contributed by atoms with Gasteiger partial charge in [-0.05, 0) is 12.3 Å². The zero-order valence-electron chi connectivity index (χ0n) is 12.3. The fraction of sp³-hybridized carbons (Fsp3) is 0.800. The Kier molecular flexibility index (Phi) is 4.12. The number of cyclic esters (lactones) is 1. The molecule has 0 aromatic carbocycles. The quantitative estimate of drug-likeness (QED) is 0.788. The summed E-state index contributed by atoms with van der Waals surface area (Å²) in [6.07, 6.45) is 7.43. The average molecular weight is 294 g/mol. The Morgan fingerprint density at radius 1 is 1.14 bits per heavy atom. The Labute approximate surface area is 124 Å². The molecule has 3 fully saturated rings. The largest absolute Gasteiger partial charge is 0.439 e. The van der Waals surface area contributed by atoms with Crippen LogP contribution in [0.5, 0.6) is 0 Å². The van der Waals surface area contributed by atoms with E-state index in [0.29, 0.717) is 25.4 Å². The molecule has 0 N–H and O–H groups in total. The molecule has 0 spiro atoms. The molecule has 0 atom stereocenters. The highest BCUT2D eigenvalue weighted by Crippen LogP contribution is 2.28. The summed E-state index contributed by atoms with van der Waals surface area (Å²) < 4.78 is 4.69. The first-order chi connectivity index (χ1) is 10.1. The molecule has 1 saturated carbocycles. The van der Waals surface area contributed by atoms with Gasteiger partial charge < -0.3 is 9.64 Å². The van der Waals surface area contributed by atoms with Gasteiger partial charge in [0.05, 0.1) is 6.04 Å². The Hall–Kier alpha value is -1.59. The standard InChI is InChI=1S/C15H22N2O4/c18-13(7-6-11-4-2-1-3-5-11)16-8-12(9-16)17-14(19)10-21-15(17)20/h11-12H,1-10H2. The molecule has 6 heteroatoms. The van der Waals surface area contributed by atoms with E-state index in [1.54, 1.807) is 4.90 Å². The predicted octanol–water partition coefficient (Wildman–Crippen LogP) is 1.54. The van der Waals surface area contributed by atoms with Crippen molar-refractivity contribution in [2.75, 3.05) is 19.7 Å². The third-order valence-corrected chi connectivity index (χ3v) is 4.86. The molecular formula is C15H22N2O4. The van der Waals surface area contributed by atoms with Crippen molar-refractivity contribution in [2.24, 2.45) is 5.92 Å². The molecule has 21 heavy (non-hydrogen) atoms. The average Bonchev–Trinajstić information content (AvgIpc) is 2.77. The van der Waals surface area contributed by atoms with Gasteiger partial charge in [0, 0.05) is 19.5 Å². The van der Waals surface area contributed by atoms with Crippen LogP contribution in [0.3, 0.4) is 0 Å². The van der Waals surface area contributed by atoms with Crippen LogP contribution < -0.4 is 0 Å². The van der Waals surface area contributed by atoms with E-state index in [9.17, 15) is 14.4 Å². The third-order valence-electron chi connectivity index (χ3n) is 4.86. The van der Waals surface area contributed by atoms with Crippen LogP contribution in [0.25, 0.3) is 0 Å². The fourth-order valence-electron chi connectivity index (χ4n) is 3.50. The third kappa shape index (κ3) is 3.04. The van der Waals surface area contributed by atoms with Gasteiger partial charge in [-0.15, -0.1) is 0 Å². The first kappa shape index (κ1) is 14.4. The number of hydrogen-bond donors (Lipinski definition) is 0. The SMILES string of the molecule is O=C(CCC1CCCCC1)N1CC(N2C(=O)COC2=O)C1. The van der Waals surface area contributed by atoms with E-state index >= 15 is 0 Å². The van der Waals surface area contributed by atoms with Gasteiger partial charge in [-0.1, -0.05) is 32.1 Å². The highest BCUT2D eigenvalue weighted by Gasteiger charge is 2.44. The van der Waals surface area contributed by atoms with Crippen LogP contribution in [0.4, 0.5) is 4.79 Å². The second-order valence-corrected chi connectivity index (χ2v) is 6.31. The van der Waals surface area contributed by atoms with Gasteiger partial charge in [-0.2, -0.15) is 0 Å². The summed E-state index contributed by atoms with van der Waals surface area (Å²) in [5.41, 5.74) is 0. The van der Waals surface area contributed by atoms with Crippen molar-refractivity contribution in [3.8, 4) is 0 Å². The van der Waals surface area contributed by atoms with Gasteiger partial charge in [0.1, 0.15) is 0 Å². The maximum Gasteiger partial charge on any atom is 0.417 e. The van der Waals surface area contributed by atoms with Gasteiger partial charge >= 0.3 is 6.09 Å². The normalized spacial score (nSPS) is 24.2. The monoisotopic (exact) mass is 294 g/mol. The van der Waals surface area contributed by atoms with E-state index in [4.69, 9.17) is 4.74 Å². The van der Waals surface area contributed by atoms with E-state index in [2.05, 4.69) is 0 Å². The second kappa shape index (κ2) is 6.03. The minimum atomic E-state index is -0.570. The van der Waals surface area contributed by atoms with Crippen molar-refractivity contribution in [1.29, 1.82) is 0 Å². The molecule has 0 aromatic heterocycles. The Balaban J connectivity index is 1.40. The smallest absolute Gasteiger partial charge is 0.417 e. The van der Waals surface area contributed by atoms with Gasteiger partial charge in [0.25, 0.3) is 5.91 Å². The summed E-state index contributed by atoms with van der Waals surface area (Å²) in [7, 11) is 0. The molecule has 3 rings (SSSR count). The molecule has 116 valence electrons. The minimum Gasteiger partial charge on any atom is -0.439 e. The zero-order chi connectivity index (χ0) is 14.8. The number of likely N-dealkylation sites (tertiary alicyclic amines) is 1. The molecule has 3 amide bonds. The van der Waals surface area contributed by atoms with Crippen LogP contribution >= 0.6 is 0 Å². The molecule has 0 aromatic rings. The van der Waals surface area contributed by atoms with E-state index in [-0.39, 0.29) is 24.5 Å². The lowest BCUT2D eigenvalue weighted by Gasteiger charge is -2.42.